The van der Waals surface area contributed by atoms with E-state index in [9.17, 15) is 9.59 Å². The fraction of sp³-hybridized carbons (Fsp3) is 0.524. The first-order valence-electron chi connectivity index (χ1n) is 10.7. The monoisotopic (exact) mass is 424 g/mol. The molecule has 1 unspecified atom stereocenters. The van der Waals surface area contributed by atoms with Crippen LogP contribution in [0.3, 0.4) is 0 Å². The normalized spacial score (nSPS) is 17.2. The van der Waals surface area contributed by atoms with E-state index in [1.807, 2.05) is 26.8 Å². The van der Waals surface area contributed by atoms with Gasteiger partial charge in [-0.15, -0.1) is 5.10 Å². The predicted molar refractivity (Wildman–Crippen MR) is 115 cm³/mol. The highest BCUT2D eigenvalue weighted by atomic mass is 16.2. The van der Waals surface area contributed by atoms with Gasteiger partial charge in [-0.25, -0.2) is 14.2 Å². The van der Waals surface area contributed by atoms with Gasteiger partial charge in [-0.2, -0.15) is 10.1 Å². The number of hydrogen-bond donors (Lipinski definition) is 1. The van der Waals surface area contributed by atoms with Crippen molar-refractivity contribution in [2.45, 2.75) is 52.6 Å². The third-order valence-corrected chi connectivity index (χ3v) is 5.67. The molecule has 4 heterocycles. The van der Waals surface area contributed by atoms with Crippen LogP contribution in [0.5, 0.6) is 0 Å². The third-order valence-electron chi connectivity index (χ3n) is 5.67. The second-order valence-electron chi connectivity index (χ2n) is 8.12. The number of aryl methyl sites for hydroxylation is 3. The first kappa shape index (κ1) is 21.1. The molecule has 1 aliphatic heterocycles. The van der Waals surface area contributed by atoms with Crippen molar-refractivity contribution in [3.8, 4) is 0 Å². The van der Waals surface area contributed by atoms with Crippen LogP contribution in [0.2, 0.25) is 0 Å². The Morgan fingerprint density at radius 3 is 2.77 bits per heavy atom. The number of likely N-dealkylation sites (tertiary alicyclic amines) is 1. The number of piperidine rings is 1. The van der Waals surface area contributed by atoms with Crippen molar-refractivity contribution in [2.24, 2.45) is 0 Å². The lowest BCUT2D eigenvalue weighted by Gasteiger charge is -2.35. The minimum Gasteiger partial charge on any atom is -0.348 e. The standard InChI is InChI=1S/C21H28N8O2/c1-14-7-8-18(30)28(25-14)11-10-27-9-5-4-6-17(27)13-22-20(31)19-24-21-23-15(2)12-16(3)29(21)26-19/h7-8,12,17H,4-6,9-11,13H2,1-3H3,(H,22,31). The number of fused-ring (bicyclic) bond motifs is 1. The largest absolute Gasteiger partial charge is 0.348 e. The summed E-state index contributed by atoms with van der Waals surface area (Å²) in [6, 6.07) is 5.38. The maximum absolute atomic E-state index is 12.7. The van der Waals surface area contributed by atoms with Gasteiger partial charge in [0.25, 0.3) is 17.2 Å². The minimum atomic E-state index is -0.301. The van der Waals surface area contributed by atoms with E-state index < -0.39 is 0 Å². The van der Waals surface area contributed by atoms with Crippen LogP contribution < -0.4 is 10.9 Å². The molecule has 1 atom stereocenters. The summed E-state index contributed by atoms with van der Waals surface area (Å²) >= 11 is 0. The summed E-state index contributed by atoms with van der Waals surface area (Å²) in [6.07, 6.45) is 3.22. The summed E-state index contributed by atoms with van der Waals surface area (Å²) < 4.78 is 3.10. The Balaban J connectivity index is 1.39. The van der Waals surface area contributed by atoms with Gasteiger partial charge in [-0.3, -0.25) is 14.5 Å². The van der Waals surface area contributed by atoms with Gasteiger partial charge in [0, 0.05) is 36.6 Å². The zero-order valence-corrected chi connectivity index (χ0v) is 18.2. The Morgan fingerprint density at radius 2 is 1.94 bits per heavy atom. The molecule has 3 aromatic heterocycles. The molecule has 1 N–H and O–H groups in total. The maximum atomic E-state index is 12.7. The van der Waals surface area contributed by atoms with Gasteiger partial charge in [0.1, 0.15) is 0 Å². The van der Waals surface area contributed by atoms with Crippen molar-refractivity contribution in [3.63, 3.8) is 0 Å². The SMILES string of the molecule is Cc1cc(C)n2nc(C(=O)NCC3CCCCN3CCn3nc(C)ccc3=O)nc2n1. The fourth-order valence-electron chi connectivity index (χ4n) is 4.07. The van der Waals surface area contributed by atoms with Gasteiger partial charge in [-0.05, 0) is 52.3 Å². The lowest BCUT2D eigenvalue weighted by Crippen LogP contribution is -2.48. The van der Waals surface area contributed by atoms with E-state index in [1.165, 1.54) is 4.68 Å². The van der Waals surface area contributed by atoms with Crippen LogP contribution in [0.1, 0.15) is 47.0 Å². The summed E-state index contributed by atoms with van der Waals surface area (Å²) in [5.41, 5.74) is 2.45. The highest BCUT2D eigenvalue weighted by Gasteiger charge is 2.24. The van der Waals surface area contributed by atoms with Crippen LogP contribution in [0, 0.1) is 20.8 Å². The van der Waals surface area contributed by atoms with Gasteiger partial charge >= 0.3 is 0 Å². The van der Waals surface area contributed by atoms with Gasteiger partial charge in [0.15, 0.2) is 0 Å². The van der Waals surface area contributed by atoms with E-state index in [0.29, 0.717) is 25.4 Å². The summed E-state index contributed by atoms with van der Waals surface area (Å²) in [7, 11) is 0. The molecule has 0 radical (unpaired) electrons. The second kappa shape index (κ2) is 8.93. The zero-order chi connectivity index (χ0) is 22.0. The molecule has 164 valence electrons. The molecule has 0 saturated carbocycles. The van der Waals surface area contributed by atoms with E-state index in [-0.39, 0.29) is 23.3 Å². The highest BCUT2D eigenvalue weighted by Crippen LogP contribution is 2.16. The van der Waals surface area contributed by atoms with E-state index in [4.69, 9.17) is 0 Å². The van der Waals surface area contributed by atoms with Crippen molar-refractivity contribution in [1.29, 1.82) is 0 Å². The molecular weight excluding hydrogens is 396 g/mol. The Bertz CT molecular complexity index is 1150. The Hall–Kier alpha value is -3.14. The van der Waals surface area contributed by atoms with E-state index in [1.54, 1.807) is 16.6 Å². The second-order valence-corrected chi connectivity index (χ2v) is 8.12. The smallest absolute Gasteiger partial charge is 0.291 e. The molecule has 0 aromatic carbocycles. The molecule has 31 heavy (non-hydrogen) atoms. The predicted octanol–water partition coefficient (Wildman–Crippen LogP) is 0.891. The number of aromatic nitrogens is 6. The summed E-state index contributed by atoms with van der Waals surface area (Å²) in [4.78, 5) is 35.6. The summed E-state index contributed by atoms with van der Waals surface area (Å²) in [6.45, 7) is 8.37. The van der Waals surface area contributed by atoms with Gasteiger partial charge in [0.05, 0.1) is 12.2 Å². The molecule has 4 rings (SSSR count). The fourth-order valence-corrected chi connectivity index (χ4v) is 4.07. The summed E-state index contributed by atoms with van der Waals surface area (Å²) in [5.74, 6) is 0.252. The zero-order valence-electron chi connectivity index (χ0n) is 18.2. The van der Waals surface area contributed by atoms with Crippen LogP contribution in [-0.2, 0) is 6.54 Å². The number of nitrogens with zero attached hydrogens (tertiary/aromatic N) is 7. The molecule has 10 heteroatoms. The Labute approximate surface area is 180 Å². The van der Waals surface area contributed by atoms with Crippen molar-refractivity contribution in [2.75, 3.05) is 19.6 Å². The van der Waals surface area contributed by atoms with Crippen LogP contribution in [-0.4, -0.2) is 65.8 Å². The molecule has 1 amide bonds. The number of rotatable bonds is 6. The van der Waals surface area contributed by atoms with Crippen molar-refractivity contribution < 1.29 is 4.79 Å². The Morgan fingerprint density at radius 1 is 1.10 bits per heavy atom. The van der Waals surface area contributed by atoms with Crippen LogP contribution in [0.25, 0.3) is 5.78 Å². The molecule has 1 saturated heterocycles. The van der Waals surface area contributed by atoms with Gasteiger partial charge in [0.2, 0.25) is 5.82 Å². The minimum absolute atomic E-state index is 0.0930. The van der Waals surface area contributed by atoms with E-state index in [0.717, 1.165) is 42.9 Å². The van der Waals surface area contributed by atoms with Crippen LogP contribution in [0.4, 0.5) is 0 Å². The van der Waals surface area contributed by atoms with Crippen LogP contribution in [0.15, 0.2) is 23.0 Å². The van der Waals surface area contributed by atoms with Crippen LogP contribution >= 0.6 is 0 Å². The van der Waals surface area contributed by atoms with E-state index in [2.05, 4.69) is 30.4 Å². The number of nitrogens with one attached hydrogen (secondary N) is 1. The molecule has 0 bridgehead atoms. The molecule has 10 nitrogen and oxygen atoms in total. The average Bonchev–Trinajstić information content (AvgIpc) is 3.18. The Kier molecular flexibility index (Phi) is 6.08. The molecule has 1 fully saturated rings. The first-order valence-corrected chi connectivity index (χ1v) is 10.7. The average molecular weight is 425 g/mol. The lowest BCUT2D eigenvalue weighted by molar-refractivity contribution is 0.0899. The maximum Gasteiger partial charge on any atom is 0.291 e. The molecule has 0 aliphatic carbocycles. The number of carbonyl (C=O) groups excluding carboxylic acids is 1. The molecule has 1 aliphatic rings. The van der Waals surface area contributed by atoms with Gasteiger partial charge in [-0.1, -0.05) is 6.42 Å². The van der Waals surface area contributed by atoms with Crippen molar-refractivity contribution in [3.05, 3.63) is 51.5 Å². The quantitative estimate of drug-likeness (QED) is 0.626. The van der Waals surface area contributed by atoms with E-state index >= 15 is 0 Å². The van der Waals surface area contributed by atoms with Crippen molar-refractivity contribution >= 4 is 11.7 Å². The molecule has 3 aromatic rings. The number of hydrogen-bond acceptors (Lipinski definition) is 7. The number of amides is 1. The van der Waals surface area contributed by atoms with Gasteiger partial charge < -0.3 is 5.32 Å². The summed E-state index contributed by atoms with van der Waals surface area (Å²) in [5, 5.41) is 11.6. The molecular formula is C21H28N8O2. The third kappa shape index (κ3) is 4.79. The lowest BCUT2D eigenvalue weighted by atomic mass is 10.0. The highest BCUT2D eigenvalue weighted by molar-refractivity contribution is 5.90. The topological polar surface area (TPSA) is 110 Å². The van der Waals surface area contributed by atoms with Crippen molar-refractivity contribution in [1.82, 2.24) is 39.6 Å². The number of carbonyl (C=O) groups is 1. The molecule has 0 spiro atoms. The first-order chi connectivity index (χ1) is 14.9.